The fraction of sp³-hybridized carbons (Fsp3) is 0.643. The Kier molecular flexibility index (Phi) is 5.81. The van der Waals surface area contributed by atoms with Gasteiger partial charge in [0.25, 0.3) is 5.56 Å². The van der Waals surface area contributed by atoms with Crippen molar-refractivity contribution in [2.24, 2.45) is 0 Å². The number of rotatable bonds is 6. The Morgan fingerprint density at radius 2 is 2.19 bits per heavy atom. The maximum absolute atomic E-state index is 11.4. The van der Waals surface area contributed by atoms with Crippen LogP contribution in [0.15, 0.2) is 22.2 Å². The van der Waals surface area contributed by atoms with E-state index >= 15 is 0 Å². The van der Waals surface area contributed by atoms with Crippen molar-refractivity contribution in [3.05, 3.63) is 22.6 Å². The van der Waals surface area contributed by atoms with E-state index < -0.39 is 5.97 Å². The molecule has 1 aromatic rings. The van der Waals surface area contributed by atoms with Crippen molar-refractivity contribution >= 4 is 17.7 Å². The number of thioether (sulfide) groups is 1. The van der Waals surface area contributed by atoms with Crippen LogP contribution in [0.4, 0.5) is 0 Å². The Hall–Kier alpha value is -1.34. The minimum absolute atomic E-state index is 0.0782. The third-order valence-corrected chi connectivity index (χ3v) is 4.57. The Morgan fingerprint density at radius 1 is 1.48 bits per heavy atom. The first-order valence-corrected chi connectivity index (χ1v) is 8.25. The molecule has 0 atom stereocenters. The van der Waals surface area contributed by atoms with E-state index in [2.05, 4.69) is 16.8 Å². The molecule has 1 N–H and O–H groups in total. The van der Waals surface area contributed by atoms with Crippen LogP contribution in [0.1, 0.15) is 32.2 Å². The zero-order valence-corrected chi connectivity index (χ0v) is 13.0. The van der Waals surface area contributed by atoms with E-state index in [4.69, 9.17) is 5.11 Å². The molecule has 0 aliphatic carbocycles. The molecule has 1 fully saturated rings. The largest absolute Gasteiger partial charge is 0.481 e. The zero-order valence-electron chi connectivity index (χ0n) is 12.2. The second-order valence-electron chi connectivity index (χ2n) is 5.21. The molecule has 1 aliphatic rings. The van der Waals surface area contributed by atoms with E-state index in [0.717, 1.165) is 50.7 Å². The summed E-state index contributed by atoms with van der Waals surface area (Å²) in [6, 6.07) is 1.74. The molecule has 2 rings (SSSR count). The highest BCUT2D eigenvalue weighted by molar-refractivity contribution is 7.99. The lowest BCUT2D eigenvalue weighted by molar-refractivity contribution is -0.133. The SMILES string of the molecule is CCCN1CCC(n2ccc(=O)nc2SCC(=O)O)CC1. The lowest BCUT2D eigenvalue weighted by atomic mass is 10.0. The van der Waals surface area contributed by atoms with Crippen molar-refractivity contribution in [3.8, 4) is 0 Å². The molecular formula is C14H21N3O3S. The minimum Gasteiger partial charge on any atom is -0.481 e. The number of piperidine rings is 1. The number of carbonyl (C=O) groups is 1. The van der Waals surface area contributed by atoms with E-state index in [1.807, 2.05) is 4.57 Å². The van der Waals surface area contributed by atoms with Crippen LogP contribution in [0.5, 0.6) is 0 Å². The summed E-state index contributed by atoms with van der Waals surface area (Å²) in [6.07, 6.45) is 4.92. The van der Waals surface area contributed by atoms with Crippen molar-refractivity contribution in [1.29, 1.82) is 0 Å². The molecule has 0 unspecified atom stereocenters. The molecule has 0 bridgehead atoms. The first-order chi connectivity index (χ1) is 10.1. The molecule has 1 aliphatic heterocycles. The maximum Gasteiger partial charge on any atom is 0.313 e. The van der Waals surface area contributed by atoms with Crippen molar-refractivity contribution < 1.29 is 9.90 Å². The van der Waals surface area contributed by atoms with Crippen LogP contribution in [0.3, 0.4) is 0 Å². The lowest BCUT2D eigenvalue weighted by Crippen LogP contribution is -2.35. The molecular weight excluding hydrogens is 290 g/mol. The number of hydrogen-bond acceptors (Lipinski definition) is 5. The van der Waals surface area contributed by atoms with Crippen LogP contribution in [-0.4, -0.2) is 50.9 Å². The summed E-state index contributed by atoms with van der Waals surface area (Å²) in [7, 11) is 0. The van der Waals surface area contributed by atoms with Gasteiger partial charge in [0.05, 0.1) is 5.75 Å². The van der Waals surface area contributed by atoms with Crippen LogP contribution in [0.25, 0.3) is 0 Å². The highest BCUT2D eigenvalue weighted by Gasteiger charge is 2.21. The predicted octanol–water partition coefficient (Wildman–Crippen LogP) is 1.47. The highest BCUT2D eigenvalue weighted by atomic mass is 32.2. The normalized spacial score (nSPS) is 17.0. The number of carboxylic acid groups (broad SMARTS) is 1. The van der Waals surface area contributed by atoms with Crippen LogP contribution in [-0.2, 0) is 4.79 Å². The van der Waals surface area contributed by atoms with Crippen LogP contribution >= 0.6 is 11.8 Å². The van der Waals surface area contributed by atoms with E-state index in [1.54, 1.807) is 6.20 Å². The molecule has 0 radical (unpaired) electrons. The molecule has 6 nitrogen and oxygen atoms in total. The molecule has 7 heteroatoms. The standard InChI is InChI=1S/C14H21N3O3S/c1-2-6-16-7-3-11(4-8-16)17-9-5-12(18)15-14(17)21-10-13(19)20/h5,9,11H,2-4,6-8,10H2,1H3,(H,19,20). The molecule has 1 saturated heterocycles. The van der Waals surface area contributed by atoms with Gasteiger partial charge in [0.15, 0.2) is 5.16 Å². The second-order valence-corrected chi connectivity index (χ2v) is 6.15. The maximum atomic E-state index is 11.4. The number of aromatic nitrogens is 2. The lowest BCUT2D eigenvalue weighted by Gasteiger charge is -2.33. The summed E-state index contributed by atoms with van der Waals surface area (Å²) < 4.78 is 1.97. The van der Waals surface area contributed by atoms with Gasteiger partial charge in [0, 0.05) is 31.4 Å². The summed E-state index contributed by atoms with van der Waals surface area (Å²) in [4.78, 5) is 28.5. The summed E-state index contributed by atoms with van der Waals surface area (Å²) in [5.41, 5.74) is -0.317. The molecule has 2 heterocycles. The molecule has 0 amide bonds. The average molecular weight is 311 g/mol. The van der Waals surface area contributed by atoms with E-state index in [1.165, 1.54) is 6.07 Å². The molecule has 0 aromatic carbocycles. The summed E-state index contributed by atoms with van der Waals surface area (Å²) in [6.45, 7) is 5.37. The van der Waals surface area contributed by atoms with Crippen LogP contribution in [0.2, 0.25) is 0 Å². The zero-order chi connectivity index (χ0) is 15.2. The van der Waals surface area contributed by atoms with Crippen molar-refractivity contribution in [2.45, 2.75) is 37.4 Å². The van der Waals surface area contributed by atoms with Gasteiger partial charge in [0.2, 0.25) is 0 Å². The van der Waals surface area contributed by atoms with Gasteiger partial charge in [-0.3, -0.25) is 9.59 Å². The van der Waals surface area contributed by atoms with Crippen LogP contribution in [0, 0.1) is 0 Å². The van der Waals surface area contributed by atoms with E-state index in [0.29, 0.717) is 11.2 Å². The summed E-state index contributed by atoms with van der Waals surface area (Å²) in [5, 5.41) is 9.31. The molecule has 0 saturated carbocycles. The number of hydrogen-bond donors (Lipinski definition) is 1. The molecule has 116 valence electrons. The topological polar surface area (TPSA) is 75.4 Å². The third-order valence-electron chi connectivity index (χ3n) is 3.62. The number of aliphatic carboxylic acids is 1. The second kappa shape index (κ2) is 7.61. The smallest absolute Gasteiger partial charge is 0.313 e. The third kappa shape index (κ3) is 4.57. The number of nitrogens with zero attached hydrogens (tertiary/aromatic N) is 3. The van der Waals surface area contributed by atoms with Gasteiger partial charge >= 0.3 is 5.97 Å². The number of carboxylic acids is 1. The van der Waals surface area contributed by atoms with Crippen LogP contribution < -0.4 is 5.56 Å². The van der Waals surface area contributed by atoms with Crippen molar-refractivity contribution in [1.82, 2.24) is 14.5 Å². The average Bonchev–Trinajstić information content (AvgIpc) is 2.46. The van der Waals surface area contributed by atoms with Gasteiger partial charge in [-0.05, 0) is 25.8 Å². The van der Waals surface area contributed by atoms with E-state index in [-0.39, 0.29) is 11.3 Å². The van der Waals surface area contributed by atoms with Crippen molar-refractivity contribution in [3.63, 3.8) is 0 Å². The van der Waals surface area contributed by atoms with Gasteiger partial charge in [-0.15, -0.1) is 0 Å². The van der Waals surface area contributed by atoms with Gasteiger partial charge in [-0.1, -0.05) is 18.7 Å². The quantitative estimate of drug-likeness (QED) is 0.633. The number of likely N-dealkylation sites (tertiary alicyclic amines) is 1. The Bertz CT molecular complexity index is 539. The fourth-order valence-corrected chi connectivity index (χ4v) is 3.41. The fourth-order valence-electron chi connectivity index (χ4n) is 2.65. The Balaban J connectivity index is 2.08. The molecule has 21 heavy (non-hydrogen) atoms. The minimum atomic E-state index is -0.901. The summed E-state index contributed by atoms with van der Waals surface area (Å²) >= 11 is 1.11. The highest BCUT2D eigenvalue weighted by Crippen LogP contribution is 2.26. The molecule has 0 spiro atoms. The predicted molar refractivity (Wildman–Crippen MR) is 81.9 cm³/mol. The Morgan fingerprint density at radius 3 is 2.81 bits per heavy atom. The monoisotopic (exact) mass is 311 g/mol. The van der Waals surface area contributed by atoms with Crippen molar-refractivity contribution in [2.75, 3.05) is 25.4 Å². The molecule has 1 aromatic heterocycles. The summed E-state index contributed by atoms with van der Waals surface area (Å²) in [5.74, 6) is -0.979. The van der Waals surface area contributed by atoms with Gasteiger partial charge in [-0.2, -0.15) is 4.98 Å². The van der Waals surface area contributed by atoms with Gasteiger partial charge in [0.1, 0.15) is 0 Å². The Labute approximate surface area is 128 Å². The van der Waals surface area contributed by atoms with Gasteiger partial charge < -0.3 is 14.6 Å². The first-order valence-electron chi connectivity index (χ1n) is 7.26. The van der Waals surface area contributed by atoms with Gasteiger partial charge in [-0.25, -0.2) is 0 Å². The first kappa shape index (κ1) is 16.0. The van der Waals surface area contributed by atoms with E-state index in [9.17, 15) is 9.59 Å².